The van der Waals surface area contributed by atoms with Crippen LogP contribution < -0.4 is 16.0 Å². The number of amides is 3. The quantitative estimate of drug-likeness (QED) is 0.0320. The monoisotopic (exact) mass is 1780 g/mol. The molecule has 0 fully saturated rings. The second-order valence-electron chi connectivity index (χ2n) is 33.5. The molecule has 0 bridgehead atoms. The number of hydrogen-bond acceptors (Lipinski definition) is 30. The Balaban J connectivity index is -0.000000799. The van der Waals surface area contributed by atoms with Gasteiger partial charge in [-0.15, -0.1) is 0 Å². The Morgan fingerprint density at radius 2 is 0.460 bits per heavy atom. The molecule has 0 aliphatic heterocycles. The molecule has 0 aromatic rings. The van der Waals surface area contributed by atoms with Gasteiger partial charge in [-0.1, -0.05) is 90.0 Å². The van der Waals surface area contributed by atoms with Gasteiger partial charge in [0.15, 0.2) is 34.7 Å². The number of Topliss-reactive ketones (excluding diaryl/α,β-unsaturated/α-hetero) is 11. The summed E-state index contributed by atoms with van der Waals surface area (Å²) in [6, 6.07) is 0. The van der Waals surface area contributed by atoms with Crippen molar-refractivity contribution >= 4 is 99.2 Å². The summed E-state index contributed by atoms with van der Waals surface area (Å²) >= 11 is 0. The van der Waals surface area contributed by atoms with Gasteiger partial charge < -0.3 is 107 Å². The maximum absolute atomic E-state index is 11.8. The van der Waals surface area contributed by atoms with Crippen molar-refractivity contribution in [2.75, 3.05) is 191 Å². The molecule has 0 aliphatic rings. The summed E-state index contributed by atoms with van der Waals surface area (Å²) in [5.41, 5.74) is -1.52. The van der Waals surface area contributed by atoms with Gasteiger partial charge in [0.1, 0.15) is 68.6 Å². The Morgan fingerprint density at radius 1 is 0.250 bits per heavy atom. The summed E-state index contributed by atoms with van der Waals surface area (Å²) in [5.74, 6) is -6.90. The summed E-state index contributed by atoms with van der Waals surface area (Å²) in [6.45, 7) is 35.8. The van der Waals surface area contributed by atoms with Crippen molar-refractivity contribution < 1.29 is 158 Å². The lowest BCUT2D eigenvalue weighted by Gasteiger charge is -2.16. The lowest BCUT2D eigenvalue weighted by Crippen LogP contribution is -2.29. The number of rotatable bonds is 77. The highest BCUT2D eigenvalue weighted by molar-refractivity contribution is 5.88. The first-order valence-corrected chi connectivity index (χ1v) is 42.8. The van der Waals surface area contributed by atoms with Gasteiger partial charge in [0.05, 0.1) is 123 Å². The van der Waals surface area contributed by atoms with Crippen molar-refractivity contribution in [2.45, 2.75) is 233 Å². The van der Waals surface area contributed by atoms with Crippen LogP contribution in [0.15, 0.2) is 0 Å². The van der Waals surface area contributed by atoms with Crippen molar-refractivity contribution in [1.29, 1.82) is 0 Å². The smallest absolute Gasteiger partial charge is 0.306 e. The Hall–Kier alpha value is -7.33. The SMILES string of the molecule is CC(=O)C[C@@H](CCC(=O)NCCOCCOCC(=O)CCCOCCOCC(=O)C(C)(C)C)C(=O)O.CC(=O)C[C@@H](CCC(=O)NCCOCCOCC(=O)CCCOCCOCC(=O)C(C)(C)C)C(=O)O.CC(=O)C[C@@H](CCC(=O)NCCOCCOCC(=O)CCCOCCOCC(=O)C(C)(C)C)C(=O)O.CCC(=O)CCCOCCC(=O)C(C)(C)C. The minimum atomic E-state index is -1.08. The molecule has 0 unspecified atom stereocenters. The molecular weight excluding hydrogens is 1630 g/mol. The predicted octanol–water partition coefficient (Wildman–Crippen LogP) is 7.55. The topological polar surface area (TPSA) is 507 Å². The van der Waals surface area contributed by atoms with E-state index in [1.54, 1.807) is 0 Å². The molecule has 0 aromatic heterocycles. The fraction of sp³-hybridized carbons (Fsp3) is 0.807. The van der Waals surface area contributed by atoms with Crippen molar-refractivity contribution in [3.05, 3.63) is 0 Å². The molecule has 718 valence electrons. The minimum absolute atomic E-state index is 0.0108. The van der Waals surface area contributed by atoms with E-state index in [9.17, 15) is 81.5 Å². The lowest BCUT2D eigenvalue weighted by atomic mass is 9.89. The van der Waals surface area contributed by atoms with Gasteiger partial charge >= 0.3 is 17.9 Å². The van der Waals surface area contributed by atoms with Gasteiger partial charge in [0, 0.05) is 145 Å². The summed E-state index contributed by atoms with van der Waals surface area (Å²) in [4.78, 5) is 195. The number of carbonyl (C=O) groups excluding carboxylic acids is 14. The van der Waals surface area contributed by atoms with E-state index in [0.717, 1.165) is 6.42 Å². The van der Waals surface area contributed by atoms with Gasteiger partial charge in [0.25, 0.3) is 0 Å². The zero-order chi connectivity index (χ0) is 94.8. The fourth-order valence-electron chi connectivity index (χ4n) is 9.49. The molecule has 0 saturated heterocycles. The van der Waals surface area contributed by atoms with E-state index < -0.39 is 51.9 Å². The zero-order valence-corrected chi connectivity index (χ0v) is 77.3. The van der Waals surface area contributed by atoms with Gasteiger partial charge in [-0.05, 0) is 65.7 Å². The number of ketones is 11. The molecule has 0 rings (SSSR count). The molecule has 36 heteroatoms. The first-order chi connectivity index (χ1) is 58.2. The number of hydrogen-bond donors (Lipinski definition) is 6. The van der Waals surface area contributed by atoms with Crippen LogP contribution in [0.1, 0.15) is 233 Å². The van der Waals surface area contributed by atoms with Crippen molar-refractivity contribution in [2.24, 2.45) is 39.4 Å². The third kappa shape index (κ3) is 84.2. The average molecular weight is 1780 g/mol. The van der Waals surface area contributed by atoms with E-state index in [4.69, 9.17) is 76.9 Å². The molecule has 0 spiro atoms. The minimum Gasteiger partial charge on any atom is -0.481 e. The number of aliphatic carboxylic acids is 3. The summed E-state index contributed by atoms with van der Waals surface area (Å²) in [5, 5.41) is 35.0. The highest BCUT2D eigenvalue weighted by Gasteiger charge is 2.27. The third-order valence-corrected chi connectivity index (χ3v) is 17.4. The standard InChI is InChI=1S/3C25H43NO10.C13H24O3/c3*1-19(27)16-20(24(31)32)7-8-23(30)26-9-11-34-13-14-35-17-21(28)6-5-10-33-12-15-36-18-22(29)25(2,3)4;1-5-11(14)7-6-9-16-10-8-12(15)13(2,3)4/h3*20H,5-18H2,1-4H3,(H,26,30)(H,31,32);5-10H2,1-4H3/t3*20-;/m111./s1. The molecule has 0 saturated carbocycles. The van der Waals surface area contributed by atoms with Crippen LogP contribution in [-0.4, -0.2) is 306 Å². The highest BCUT2D eigenvalue weighted by Crippen LogP contribution is 2.20. The van der Waals surface area contributed by atoms with Crippen molar-refractivity contribution in [3.63, 3.8) is 0 Å². The van der Waals surface area contributed by atoms with Crippen LogP contribution in [0.2, 0.25) is 0 Å². The normalized spacial score (nSPS) is 12.1. The largest absolute Gasteiger partial charge is 0.481 e. The summed E-state index contributed by atoms with van der Waals surface area (Å²) in [7, 11) is 0. The molecule has 6 N–H and O–H groups in total. The molecule has 3 atom stereocenters. The fourth-order valence-corrected chi connectivity index (χ4v) is 9.49. The maximum atomic E-state index is 11.8. The maximum Gasteiger partial charge on any atom is 0.306 e. The molecule has 3 amide bonds. The van der Waals surface area contributed by atoms with Crippen LogP contribution in [0, 0.1) is 39.4 Å². The molecule has 0 radical (unpaired) electrons. The molecule has 36 nitrogen and oxygen atoms in total. The first-order valence-electron chi connectivity index (χ1n) is 42.8. The zero-order valence-electron chi connectivity index (χ0n) is 77.3. The van der Waals surface area contributed by atoms with E-state index in [0.29, 0.717) is 130 Å². The van der Waals surface area contributed by atoms with E-state index >= 15 is 0 Å². The van der Waals surface area contributed by atoms with Crippen molar-refractivity contribution in [3.8, 4) is 0 Å². The Kier molecular flexibility index (Phi) is 76.2. The molecule has 0 aliphatic carbocycles. The van der Waals surface area contributed by atoms with Crippen LogP contribution in [0.25, 0.3) is 0 Å². The number of carboxylic acid groups (broad SMARTS) is 3. The molecular formula is C88H153N3O33. The van der Waals surface area contributed by atoms with E-state index in [1.807, 2.05) is 90.0 Å². The Bertz CT molecular complexity index is 2780. The lowest BCUT2D eigenvalue weighted by molar-refractivity contribution is -0.144. The summed E-state index contributed by atoms with van der Waals surface area (Å²) in [6.07, 6.45) is 5.25. The summed E-state index contributed by atoms with van der Waals surface area (Å²) < 4.78 is 69.0. The van der Waals surface area contributed by atoms with Crippen LogP contribution in [-0.2, 0) is 143 Å². The van der Waals surface area contributed by atoms with Crippen LogP contribution in [0.4, 0.5) is 0 Å². The third-order valence-electron chi connectivity index (χ3n) is 17.4. The Morgan fingerprint density at radius 3 is 0.677 bits per heavy atom. The first kappa shape index (κ1) is 123. The van der Waals surface area contributed by atoms with Crippen LogP contribution in [0.5, 0.6) is 0 Å². The van der Waals surface area contributed by atoms with E-state index in [1.165, 1.54) is 20.8 Å². The van der Waals surface area contributed by atoms with Gasteiger partial charge in [-0.25, -0.2) is 0 Å². The molecule has 0 aromatic carbocycles. The number of ether oxygens (including phenoxy) is 13. The van der Waals surface area contributed by atoms with Gasteiger partial charge in [-0.2, -0.15) is 0 Å². The van der Waals surface area contributed by atoms with Crippen LogP contribution >= 0.6 is 0 Å². The second-order valence-corrected chi connectivity index (χ2v) is 33.5. The highest BCUT2D eigenvalue weighted by atomic mass is 16.6. The van der Waals surface area contributed by atoms with E-state index in [2.05, 4.69) is 16.0 Å². The van der Waals surface area contributed by atoms with Gasteiger partial charge in [-0.3, -0.25) is 67.1 Å². The number of carboxylic acids is 3. The average Bonchev–Trinajstić information content (AvgIpc) is 0.915. The number of carbonyl (C=O) groups is 17. The van der Waals surface area contributed by atoms with Gasteiger partial charge in [0.2, 0.25) is 17.7 Å². The Labute approximate surface area is 734 Å². The van der Waals surface area contributed by atoms with Crippen LogP contribution in [0.3, 0.4) is 0 Å². The molecule has 124 heavy (non-hydrogen) atoms. The predicted molar refractivity (Wildman–Crippen MR) is 456 cm³/mol. The van der Waals surface area contributed by atoms with Crippen molar-refractivity contribution in [1.82, 2.24) is 16.0 Å². The molecule has 0 heterocycles. The second kappa shape index (κ2) is 76.9. The van der Waals surface area contributed by atoms with E-state index in [-0.39, 0.29) is 263 Å². The number of nitrogens with one attached hydrogen (secondary N) is 3.